The van der Waals surface area contributed by atoms with Gasteiger partial charge >= 0.3 is 6.03 Å². The molecular formula is C18H23N3O3. The summed E-state index contributed by atoms with van der Waals surface area (Å²) in [6.07, 6.45) is 0. The maximum absolute atomic E-state index is 13.0. The Morgan fingerprint density at radius 2 is 1.92 bits per heavy atom. The molecule has 24 heavy (non-hydrogen) atoms. The number of hydrogen-bond donors (Lipinski definition) is 2. The van der Waals surface area contributed by atoms with Crippen LogP contribution in [0.5, 0.6) is 0 Å². The third kappa shape index (κ3) is 2.57. The van der Waals surface area contributed by atoms with Crippen molar-refractivity contribution in [3.8, 4) is 0 Å². The van der Waals surface area contributed by atoms with Crippen LogP contribution in [-0.4, -0.2) is 53.1 Å². The summed E-state index contributed by atoms with van der Waals surface area (Å²) in [6.45, 7) is 4.26. The van der Waals surface area contributed by atoms with Crippen LogP contribution < -0.4 is 5.32 Å². The summed E-state index contributed by atoms with van der Waals surface area (Å²) < 4.78 is 0. The first kappa shape index (κ1) is 16.5. The highest BCUT2D eigenvalue weighted by atomic mass is 16.3. The number of benzene rings is 1. The van der Waals surface area contributed by atoms with E-state index in [1.807, 2.05) is 44.2 Å². The molecule has 6 nitrogen and oxygen atoms in total. The first-order chi connectivity index (χ1) is 11.5. The van der Waals surface area contributed by atoms with Gasteiger partial charge in [0.05, 0.1) is 23.9 Å². The van der Waals surface area contributed by atoms with E-state index in [0.29, 0.717) is 12.1 Å². The van der Waals surface area contributed by atoms with Gasteiger partial charge in [-0.3, -0.25) is 9.69 Å². The number of hydrogen-bond acceptors (Lipinski definition) is 3. The molecule has 0 unspecified atom stereocenters. The van der Waals surface area contributed by atoms with Crippen LogP contribution in [0.4, 0.5) is 4.79 Å². The molecule has 3 rings (SSSR count). The molecule has 2 aliphatic heterocycles. The molecule has 2 heterocycles. The molecule has 1 aromatic rings. The fraction of sp³-hybridized carbons (Fsp3) is 0.444. The molecule has 0 radical (unpaired) electrons. The largest absolute Gasteiger partial charge is 0.396 e. The van der Waals surface area contributed by atoms with E-state index in [2.05, 4.69) is 5.32 Å². The number of rotatable bonds is 4. The quantitative estimate of drug-likeness (QED) is 0.879. The van der Waals surface area contributed by atoms with E-state index in [4.69, 9.17) is 0 Å². The van der Waals surface area contributed by atoms with E-state index in [9.17, 15) is 14.7 Å². The zero-order valence-electron chi connectivity index (χ0n) is 14.2. The van der Waals surface area contributed by atoms with Gasteiger partial charge in [0, 0.05) is 19.7 Å². The average molecular weight is 329 g/mol. The Balaban J connectivity index is 1.98. The monoisotopic (exact) mass is 329 g/mol. The number of urea groups is 1. The lowest BCUT2D eigenvalue weighted by atomic mass is 9.95. The van der Waals surface area contributed by atoms with E-state index < -0.39 is 6.04 Å². The number of amides is 3. The number of aliphatic hydroxyl groups is 1. The Labute approximate surface area is 141 Å². The predicted molar refractivity (Wildman–Crippen MR) is 89.9 cm³/mol. The highest BCUT2D eigenvalue weighted by Crippen LogP contribution is 2.36. The summed E-state index contributed by atoms with van der Waals surface area (Å²) in [5, 5.41) is 12.3. The SMILES string of the molecule is C[C@@H](CO)[C@H](C)N1CC2=C(C1=O)[C@H](c1ccccc1)NC(=O)N2C. The fourth-order valence-electron chi connectivity index (χ4n) is 3.27. The number of likely N-dealkylation sites (N-methyl/N-ethyl adjacent to an activating group) is 1. The molecule has 0 bridgehead atoms. The molecule has 128 valence electrons. The van der Waals surface area contributed by atoms with Crippen LogP contribution in [0.15, 0.2) is 41.6 Å². The molecule has 3 amide bonds. The number of carbonyl (C=O) groups excluding carboxylic acids is 2. The van der Waals surface area contributed by atoms with Crippen molar-refractivity contribution < 1.29 is 14.7 Å². The normalized spacial score (nSPS) is 23.2. The molecule has 0 saturated heterocycles. The summed E-state index contributed by atoms with van der Waals surface area (Å²) >= 11 is 0. The fourth-order valence-corrected chi connectivity index (χ4v) is 3.27. The highest BCUT2D eigenvalue weighted by molar-refractivity contribution is 6.01. The molecule has 0 spiro atoms. The maximum atomic E-state index is 13.0. The van der Waals surface area contributed by atoms with Gasteiger partial charge in [-0.1, -0.05) is 37.3 Å². The summed E-state index contributed by atoms with van der Waals surface area (Å²) in [7, 11) is 1.68. The molecular weight excluding hydrogens is 306 g/mol. The van der Waals surface area contributed by atoms with Gasteiger partial charge < -0.3 is 15.3 Å². The van der Waals surface area contributed by atoms with Crippen molar-refractivity contribution in [2.45, 2.75) is 25.9 Å². The smallest absolute Gasteiger partial charge is 0.322 e. The molecule has 0 aromatic heterocycles. The Morgan fingerprint density at radius 3 is 2.54 bits per heavy atom. The number of nitrogens with one attached hydrogen (secondary N) is 1. The van der Waals surface area contributed by atoms with Crippen LogP contribution in [0.1, 0.15) is 25.5 Å². The van der Waals surface area contributed by atoms with Gasteiger partial charge in [0.15, 0.2) is 0 Å². The molecule has 0 fully saturated rings. The highest BCUT2D eigenvalue weighted by Gasteiger charge is 2.44. The van der Waals surface area contributed by atoms with Gasteiger partial charge in [-0.2, -0.15) is 0 Å². The minimum absolute atomic E-state index is 0.0186. The minimum Gasteiger partial charge on any atom is -0.396 e. The summed E-state index contributed by atoms with van der Waals surface area (Å²) in [6, 6.07) is 8.78. The van der Waals surface area contributed by atoms with Gasteiger partial charge in [0.25, 0.3) is 5.91 Å². The van der Waals surface area contributed by atoms with Gasteiger partial charge in [0.2, 0.25) is 0 Å². The summed E-state index contributed by atoms with van der Waals surface area (Å²) in [4.78, 5) is 28.6. The van der Waals surface area contributed by atoms with Gasteiger partial charge in [-0.15, -0.1) is 0 Å². The molecule has 2 aliphatic rings. The number of carbonyl (C=O) groups is 2. The summed E-state index contributed by atoms with van der Waals surface area (Å²) in [5.41, 5.74) is 2.26. The van der Waals surface area contributed by atoms with Crippen molar-refractivity contribution >= 4 is 11.9 Å². The Kier molecular flexibility index (Phi) is 4.32. The van der Waals surface area contributed by atoms with Gasteiger partial charge in [-0.25, -0.2) is 4.79 Å². The predicted octanol–water partition coefficient (Wildman–Crippen LogP) is 1.50. The standard InChI is InChI=1S/C18H23N3O3/c1-11(10-22)12(2)21-9-14-15(17(21)23)16(19-18(24)20(14)3)13-7-5-4-6-8-13/h4-8,11-12,16,22H,9-10H2,1-3H3,(H,19,24)/t11-,12-,16-/m0/s1. The van der Waals surface area contributed by atoms with E-state index in [1.165, 1.54) is 4.90 Å². The molecule has 0 aliphatic carbocycles. The maximum Gasteiger partial charge on any atom is 0.322 e. The molecule has 2 N–H and O–H groups in total. The molecule has 1 aromatic carbocycles. The van der Waals surface area contributed by atoms with Crippen molar-refractivity contribution in [2.75, 3.05) is 20.2 Å². The van der Waals surface area contributed by atoms with Crippen LogP contribution in [0.2, 0.25) is 0 Å². The second kappa shape index (κ2) is 6.28. The van der Waals surface area contributed by atoms with E-state index in [1.54, 1.807) is 11.9 Å². The second-order valence-electron chi connectivity index (χ2n) is 6.55. The van der Waals surface area contributed by atoms with E-state index in [0.717, 1.165) is 11.3 Å². The van der Waals surface area contributed by atoms with Crippen molar-refractivity contribution in [1.82, 2.24) is 15.1 Å². The zero-order valence-corrected chi connectivity index (χ0v) is 14.2. The van der Waals surface area contributed by atoms with Crippen LogP contribution in [0, 0.1) is 5.92 Å². The molecule has 0 saturated carbocycles. The Bertz CT molecular complexity index is 686. The first-order valence-corrected chi connectivity index (χ1v) is 8.19. The Hall–Kier alpha value is -2.34. The molecule has 3 atom stereocenters. The van der Waals surface area contributed by atoms with Crippen molar-refractivity contribution in [3.63, 3.8) is 0 Å². The lowest BCUT2D eigenvalue weighted by molar-refractivity contribution is -0.128. The van der Waals surface area contributed by atoms with Gasteiger partial charge in [-0.05, 0) is 18.4 Å². The lowest BCUT2D eigenvalue weighted by Crippen LogP contribution is -2.45. The van der Waals surface area contributed by atoms with Crippen molar-refractivity contribution in [1.29, 1.82) is 0 Å². The molecule has 6 heteroatoms. The van der Waals surface area contributed by atoms with Gasteiger partial charge in [0.1, 0.15) is 0 Å². The minimum atomic E-state index is -0.431. The number of aliphatic hydroxyl groups excluding tert-OH is 1. The van der Waals surface area contributed by atoms with E-state index >= 15 is 0 Å². The van der Waals surface area contributed by atoms with Crippen LogP contribution in [0.3, 0.4) is 0 Å². The van der Waals surface area contributed by atoms with Crippen molar-refractivity contribution in [3.05, 3.63) is 47.2 Å². The van der Waals surface area contributed by atoms with E-state index in [-0.39, 0.29) is 30.5 Å². The Morgan fingerprint density at radius 1 is 1.25 bits per heavy atom. The van der Waals surface area contributed by atoms with Crippen LogP contribution in [0.25, 0.3) is 0 Å². The van der Waals surface area contributed by atoms with Crippen LogP contribution >= 0.6 is 0 Å². The zero-order chi connectivity index (χ0) is 17.4. The first-order valence-electron chi connectivity index (χ1n) is 8.19. The average Bonchev–Trinajstić information content (AvgIpc) is 2.95. The third-order valence-corrected chi connectivity index (χ3v) is 5.12. The second-order valence-corrected chi connectivity index (χ2v) is 6.55. The van der Waals surface area contributed by atoms with Crippen LogP contribution in [-0.2, 0) is 4.79 Å². The van der Waals surface area contributed by atoms with Crippen molar-refractivity contribution in [2.24, 2.45) is 5.92 Å². The number of nitrogens with zero attached hydrogens (tertiary/aromatic N) is 2. The topological polar surface area (TPSA) is 72.9 Å². The lowest BCUT2D eigenvalue weighted by Gasteiger charge is -2.31. The third-order valence-electron chi connectivity index (χ3n) is 5.12. The summed E-state index contributed by atoms with van der Waals surface area (Å²) in [5.74, 6) is -0.0991.